The molecule has 0 amide bonds. The van der Waals surface area contributed by atoms with Crippen LogP contribution in [0.5, 0.6) is 0 Å². The molecule has 0 aliphatic carbocycles. The Bertz CT molecular complexity index is 489. The van der Waals surface area contributed by atoms with Gasteiger partial charge in [-0.1, -0.05) is 0 Å². The predicted molar refractivity (Wildman–Crippen MR) is 73.8 cm³/mol. The van der Waals surface area contributed by atoms with Gasteiger partial charge in [-0.3, -0.25) is 4.98 Å². The van der Waals surface area contributed by atoms with Crippen LogP contribution in [0.15, 0.2) is 35.1 Å². The van der Waals surface area contributed by atoms with Gasteiger partial charge < -0.3 is 5.73 Å². The number of aryl methyl sites for hydroxylation is 1. The smallest absolute Gasteiger partial charge is 0.186 e. The van der Waals surface area contributed by atoms with Gasteiger partial charge >= 0.3 is 0 Å². The SMILES string of the molecule is Cc1ccc(S(=O)(=O)C/C(F)=C/CN)cn1.Cl.Cl. The molecular weight excluding hydrogens is 302 g/mol. The van der Waals surface area contributed by atoms with Crippen molar-refractivity contribution in [1.29, 1.82) is 0 Å². The van der Waals surface area contributed by atoms with Crippen molar-refractivity contribution in [3.63, 3.8) is 0 Å². The maximum absolute atomic E-state index is 13.0. The molecule has 0 spiro atoms. The molecule has 4 nitrogen and oxygen atoms in total. The fraction of sp³-hybridized carbons (Fsp3) is 0.300. The van der Waals surface area contributed by atoms with Gasteiger partial charge in [0, 0.05) is 18.4 Å². The average Bonchev–Trinajstić information content (AvgIpc) is 2.17. The minimum atomic E-state index is -3.66. The molecule has 1 aromatic heterocycles. The summed E-state index contributed by atoms with van der Waals surface area (Å²) in [5.41, 5.74) is 5.79. The Balaban J connectivity index is 0. The van der Waals surface area contributed by atoms with Gasteiger partial charge in [-0.15, -0.1) is 24.8 Å². The van der Waals surface area contributed by atoms with E-state index in [9.17, 15) is 12.8 Å². The molecule has 0 aliphatic heterocycles. The van der Waals surface area contributed by atoms with Gasteiger partial charge in [-0.2, -0.15) is 0 Å². The lowest BCUT2D eigenvalue weighted by molar-refractivity contribution is 0.582. The third-order valence-electron chi connectivity index (χ3n) is 1.91. The number of halogens is 3. The molecule has 0 aromatic carbocycles. The summed E-state index contributed by atoms with van der Waals surface area (Å²) in [7, 11) is -3.66. The van der Waals surface area contributed by atoms with Crippen molar-refractivity contribution in [2.45, 2.75) is 11.8 Å². The molecule has 0 saturated carbocycles. The summed E-state index contributed by atoms with van der Waals surface area (Å²) in [5.74, 6) is -1.42. The molecule has 0 saturated heterocycles. The quantitative estimate of drug-likeness (QED) is 0.919. The van der Waals surface area contributed by atoms with Crippen LogP contribution in [0.3, 0.4) is 0 Å². The monoisotopic (exact) mass is 316 g/mol. The molecule has 0 fully saturated rings. The second-order valence-corrected chi connectivity index (χ2v) is 5.27. The Morgan fingerprint density at radius 1 is 1.44 bits per heavy atom. The lowest BCUT2D eigenvalue weighted by Crippen LogP contribution is -2.09. The van der Waals surface area contributed by atoms with Crippen LogP contribution in [-0.2, 0) is 9.84 Å². The molecule has 104 valence electrons. The van der Waals surface area contributed by atoms with Crippen LogP contribution >= 0.6 is 24.8 Å². The van der Waals surface area contributed by atoms with E-state index < -0.39 is 21.4 Å². The number of pyridine rings is 1. The van der Waals surface area contributed by atoms with Crippen molar-refractivity contribution in [2.75, 3.05) is 12.3 Å². The average molecular weight is 317 g/mol. The summed E-state index contributed by atoms with van der Waals surface area (Å²) in [6.07, 6.45) is 2.26. The van der Waals surface area contributed by atoms with Crippen molar-refractivity contribution in [2.24, 2.45) is 5.73 Å². The molecule has 18 heavy (non-hydrogen) atoms. The van der Waals surface area contributed by atoms with E-state index in [0.29, 0.717) is 5.69 Å². The highest BCUT2D eigenvalue weighted by molar-refractivity contribution is 7.91. The fourth-order valence-electron chi connectivity index (χ4n) is 1.09. The number of nitrogens with two attached hydrogens (primary N) is 1. The maximum atomic E-state index is 13.0. The highest BCUT2D eigenvalue weighted by atomic mass is 35.5. The van der Waals surface area contributed by atoms with E-state index in [1.807, 2.05) is 0 Å². The van der Waals surface area contributed by atoms with Gasteiger partial charge in [0.05, 0.1) is 4.90 Å². The molecule has 2 N–H and O–H groups in total. The highest BCUT2D eigenvalue weighted by Crippen LogP contribution is 2.13. The van der Waals surface area contributed by atoms with Crippen LogP contribution in [0.2, 0.25) is 0 Å². The zero-order valence-electron chi connectivity index (χ0n) is 9.67. The van der Waals surface area contributed by atoms with Crippen molar-refractivity contribution in [3.8, 4) is 0 Å². The Morgan fingerprint density at radius 3 is 2.50 bits per heavy atom. The summed E-state index contributed by atoms with van der Waals surface area (Å²) in [6.45, 7) is 1.72. The zero-order chi connectivity index (χ0) is 12.2. The Hall–Kier alpha value is -0.690. The standard InChI is InChI=1S/C10H13FN2O2S.2ClH/c1-8-2-3-10(6-13-8)16(14,15)7-9(11)4-5-12;;/h2-4,6H,5,7,12H2,1H3;2*1H/b9-4-;;. The van der Waals surface area contributed by atoms with Gasteiger partial charge in [0.25, 0.3) is 0 Å². The third kappa shape index (κ3) is 5.77. The van der Waals surface area contributed by atoms with Crippen LogP contribution in [0.25, 0.3) is 0 Å². The number of hydrogen-bond donors (Lipinski definition) is 1. The van der Waals surface area contributed by atoms with Gasteiger partial charge in [0.2, 0.25) is 0 Å². The Kier molecular flexibility index (Phi) is 9.19. The van der Waals surface area contributed by atoms with Gasteiger partial charge in [0.1, 0.15) is 11.6 Å². The van der Waals surface area contributed by atoms with Crippen molar-refractivity contribution in [3.05, 3.63) is 35.9 Å². The number of sulfone groups is 1. The Labute approximate surface area is 118 Å². The van der Waals surface area contributed by atoms with Gasteiger partial charge in [0.15, 0.2) is 9.84 Å². The molecule has 0 aliphatic rings. The van der Waals surface area contributed by atoms with E-state index >= 15 is 0 Å². The van der Waals surface area contributed by atoms with E-state index in [-0.39, 0.29) is 36.3 Å². The van der Waals surface area contributed by atoms with E-state index in [1.165, 1.54) is 12.3 Å². The normalized spacial score (nSPS) is 11.4. The molecule has 0 atom stereocenters. The predicted octanol–water partition coefficient (Wildman–Crippen LogP) is 1.82. The topological polar surface area (TPSA) is 73.0 Å². The zero-order valence-corrected chi connectivity index (χ0v) is 12.1. The number of hydrogen-bond acceptors (Lipinski definition) is 4. The minimum Gasteiger partial charge on any atom is -0.327 e. The largest absolute Gasteiger partial charge is 0.327 e. The first-order valence-electron chi connectivity index (χ1n) is 4.66. The van der Waals surface area contributed by atoms with E-state index in [2.05, 4.69) is 4.98 Å². The van der Waals surface area contributed by atoms with E-state index in [0.717, 1.165) is 6.08 Å². The first kappa shape index (κ1) is 19.6. The van der Waals surface area contributed by atoms with E-state index in [1.54, 1.807) is 13.0 Å². The molecule has 0 bridgehead atoms. The van der Waals surface area contributed by atoms with Crippen molar-refractivity contribution < 1.29 is 12.8 Å². The third-order valence-corrected chi connectivity index (χ3v) is 3.53. The second-order valence-electron chi connectivity index (χ2n) is 3.28. The Morgan fingerprint density at radius 2 is 2.06 bits per heavy atom. The van der Waals surface area contributed by atoms with Crippen molar-refractivity contribution in [1.82, 2.24) is 4.98 Å². The number of rotatable bonds is 4. The highest BCUT2D eigenvalue weighted by Gasteiger charge is 2.16. The first-order chi connectivity index (χ1) is 7.45. The second kappa shape index (κ2) is 8.42. The number of nitrogens with zero attached hydrogens (tertiary/aromatic N) is 1. The van der Waals surface area contributed by atoms with Crippen molar-refractivity contribution >= 4 is 34.7 Å². The van der Waals surface area contributed by atoms with Crippen LogP contribution in [0, 0.1) is 6.92 Å². The molecule has 1 rings (SSSR count). The molecule has 1 heterocycles. The maximum Gasteiger partial charge on any atom is 0.186 e. The summed E-state index contributed by atoms with van der Waals surface area (Å²) in [5, 5.41) is 0. The fourth-order valence-corrected chi connectivity index (χ4v) is 2.23. The molecule has 1 aromatic rings. The first-order valence-corrected chi connectivity index (χ1v) is 6.31. The minimum absolute atomic E-state index is 0. The molecular formula is C10H15Cl2FN2O2S. The lowest BCUT2D eigenvalue weighted by Gasteiger charge is -2.02. The summed E-state index contributed by atoms with van der Waals surface area (Å²) in [6, 6.07) is 2.98. The van der Waals surface area contributed by atoms with E-state index in [4.69, 9.17) is 5.73 Å². The van der Waals surface area contributed by atoms with Crippen LogP contribution in [0.1, 0.15) is 5.69 Å². The lowest BCUT2D eigenvalue weighted by atomic mass is 10.4. The van der Waals surface area contributed by atoms with Crippen LogP contribution < -0.4 is 5.73 Å². The summed E-state index contributed by atoms with van der Waals surface area (Å²) in [4.78, 5) is 3.87. The summed E-state index contributed by atoms with van der Waals surface area (Å²) < 4.78 is 36.4. The van der Waals surface area contributed by atoms with Crippen LogP contribution in [-0.4, -0.2) is 25.7 Å². The summed E-state index contributed by atoms with van der Waals surface area (Å²) >= 11 is 0. The van der Waals surface area contributed by atoms with Gasteiger partial charge in [-0.25, -0.2) is 12.8 Å². The van der Waals surface area contributed by atoms with Crippen LogP contribution in [0.4, 0.5) is 4.39 Å². The molecule has 0 unspecified atom stereocenters. The number of aromatic nitrogens is 1. The van der Waals surface area contributed by atoms with Gasteiger partial charge in [-0.05, 0) is 25.1 Å². The molecule has 8 heteroatoms. The molecule has 0 radical (unpaired) electrons.